The summed E-state index contributed by atoms with van der Waals surface area (Å²) >= 11 is 5.73. The first-order chi connectivity index (χ1) is 8.47. The van der Waals surface area contributed by atoms with E-state index in [0.29, 0.717) is 0 Å². The van der Waals surface area contributed by atoms with Gasteiger partial charge in [0, 0.05) is 8.04 Å². The van der Waals surface area contributed by atoms with E-state index < -0.39 is 0 Å². The Morgan fingerprint density at radius 3 is 2.61 bits per heavy atom. The summed E-state index contributed by atoms with van der Waals surface area (Å²) in [4.78, 5) is 0. The maximum absolute atomic E-state index is 13.4. The van der Waals surface area contributed by atoms with E-state index in [1.54, 1.807) is 0 Å². The molecule has 0 heterocycles. The summed E-state index contributed by atoms with van der Waals surface area (Å²) in [5.74, 6) is -0.248. The molecule has 4 heteroatoms. The van der Waals surface area contributed by atoms with Crippen LogP contribution in [0.15, 0.2) is 40.9 Å². The SMILES string of the molecule is Cc1cc(F)cc(C(N)c2cc(I)ccc2Br)c1. The molecule has 0 aliphatic carbocycles. The van der Waals surface area contributed by atoms with Crippen LogP contribution in [0.4, 0.5) is 4.39 Å². The molecule has 0 aliphatic rings. The highest BCUT2D eigenvalue weighted by Crippen LogP contribution is 2.29. The zero-order chi connectivity index (χ0) is 13.3. The van der Waals surface area contributed by atoms with E-state index in [4.69, 9.17) is 5.73 Å². The van der Waals surface area contributed by atoms with E-state index >= 15 is 0 Å². The topological polar surface area (TPSA) is 26.0 Å². The Bertz CT molecular complexity index is 566. The van der Waals surface area contributed by atoms with Gasteiger partial charge in [-0.3, -0.25) is 0 Å². The predicted molar refractivity (Wildman–Crippen MR) is 84.0 cm³/mol. The number of benzene rings is 2. The van der Waals surface area contributed by atoms with Gasteiger partial charge in [0.25, 0.3) is 0 Å². The lowest BCUT2D eigenvalue weighted by Crippen LogP contribution is -2.13. The maximum Gasteiger partial charge on any atom is 0.123 e. The molecule has 0 amide bonds. The fourth-order valence-corrected chi connectivity index (χ4v) is 2.89. The first kappa shape index (κ1) is 14.0. The number of hydrogen-bond donors (Lipinski definition) is 1. The van der Waals surface area contributed by atoms with E-state index in [2.05, 4.69) is 38.5 Å². The second kappa shape index (κ2) is 5.67. The fourth-order valence-electron chi connectivity index (χ4n) is 1.88. The minimum absolute atomic E-state index is 0.248. The monoisotopic (exact) mass is 419 g/mol. The van der Waals surface area contributed by atoms with Crippen LogP contribution >= 0.6 is 38.5 Å². The Balaban J connectivity index is 2.47. The molecule has 0 aromatic heterocycles. The van der Waals surface area contributed by atoms with E-state index in [1.807, 2.05) is 31.2 Å². The van der Waals surface area contributed by atoms with Gasteiger partial charge in [0.15, 0.2) is 0 Å². The molecule has 0 radical (unpaired) electrons. The van der Waals surface area contributed by atoms with Crippen LogP contribution in [0.2, 0.25) is 0 Å². The molecule has 0 saturated heterocycles. The molecule has 94 valence electrons. The molecule has 2 aromatic rings. The van der Waals surface area contributed by atoms with Gasteiger partial charge in [-0.15, -0.1) is 0 Å². The molecule has 18 heavy (non-hydrogen) atoms. The van der Waals surface area contributed by atoms with Crippen molar-refractivity contribution in [2.24, 2.45) is 5.73 Å². The summed E-state index contributed by atoms with van der Waals surface area (Å²) in [6, 6.07) is 10.5. The van der Waals surface area contributed by atoms with Gasteiger partial charge >= 0.3 is 0 Å². The number of halogens is 3. The molecule has 1 atom stereocenters. The van der Waals surface area contributed by atoms with Crippen molar-refractivity contribution in [3.63, 3.8) is 0 Å². The van der Waals surface area contributed by atoms with E-state index in [9.17, 15) is 4.39 Å². The lowest BCUT2D eigenvalue weighted by Gasteiger charge is -2.15. The molecule has 0 bridgehead atoms. The van der Waals surface area contributed by atoms with Crippen molar-refractivity contribution in [2.75, 3.05) is 0 Å². The molecule has 0 spiro atoms. The third kappa shape index (κ3) is 3.10. The maximum atomic E-state index is 13.4. The highest BCUT2D eigenvalue weighted by atomic mass is 127. The first-order valence-corrected chi connectivity index (χ1v) is 7.32. The molecule has 2 rings (SSSR count). The Hall–Kier alpha value is -0.460. The van der Waals surface area contributed by atoms with Crippen LogP contribution in [-0.2, 0) is 0 Å². The van der Waals surface area contributed by atoms with E-state index in [1.165, 1.54) is 12.1 Å². The average Bonchev–Trinajstić information content (AvgIpc) is 2.30. The molecule has 1 unspecified atom stereocenters. The normalized spacial score (nSPS) is 12.5. The fraction of sp³-hybridized carbons (Fsp3) is 0.143. The van der Waals surface area contributed by atoms with E-state index in [0.717, 1.165) is 24.7 Å². The van der Waals surface area contributed by atoms with Crippen molar-refractivity contribution in [1.82, 2.24) is 0 Å². The number of nitrogens with two attached hydrogens (primary N) is 1. The van der Waals surface area contributed by atoms with Crippen LogP contribution in [0.5, 0.6) is 0 Å². The molecule has 2 N–H and O–H groups in total. The zero-order valence-electron chi connectivity index (χ0n) is 9.75. The minimum Gasteiger partial charge on any atom is -0.320 e. The predicted octanol–water partition coefficient (Wildman–Crippen LogP) is 4.55. The Morgan fingerprint density at radius 1 is 1.22 bits per heavy atom. The van der Waals surface area contributed by atoms with Crippen LogP contribution in [-0.4, -0.2) is 0 Å². The van der Waals surface area contributed by atoms with Gasteiger partial charge in [-0.05, 0) is 76.5 Å². The smallest absolute Gasteiger partial charge is 0.123 e. The third-order valence-corrected chi connectivity index (χ3v) is 4.11. The van der Waals surface area contributed by atoms with Crippen LogP contribution in [0.1, 0.15) is 22.7 Å². The zero-order valence-corrected chi connectivity index (χ0v) is 13.5. The number of rotatable bonds is 2. The standard InChI is InChI=1S/C14H12BrFIN/c1-8-4-9(6-10(16)5-8)14(18)12-7-11(17)2-3-13(12)15/h2-7,14H,18H2,1H3. The second-order valence-corrected chi connectivity index (χ2v) is 6.31. The van der Waals surface area contributed by atoms with Gasteiger partial charge in [-0.1, -0.05) is 22.0 Å². The molecular weight excluding hydrogens is 408 g/mol. The van der Waals surface area contributed by atoms with Crippen molar-refractivity contribution in [3.8, 4) is 0 Å². The highest BCUT2D eigenvalue weighted by Gasteiger charge is 2.14. The summed E-state index contributed by atoms with van der Waals surface area (Å²) in [5, 5.41) is 0. The molecule has 2 aromatic carbocycles. The summed E-state index contributed by atoms with van der Waals surface area (Å²) in [6.07, 6.45) is 0. The quantitative estimate of drug-likeness (QED) is 0.710. The number of hydrogen-bond acceptors (Lipinski definition) is 1. The van der Waals surface area contributed by atoms with Crippen LogP contribution in [0.25, 0.3) is 0 Å². The lowest BCUT2D eigenvalue weighted by molar-refractivity contribution is 0.622. The van der Waals surface area contributed by atoms with Gasteiger partial charge < -0.3 is 5.73 Å². The van der Waals surface area contributed by atoms with E-state index in [-0.39, 0.29) is 11.9 Å². The summed E-state index contributed by atoms with van der Waals surface area (Å²) in [5.41, 5.74) is 8.85. The van der Waals surface area contributed by atoms with Crippen molar-refractivity contribution < 1.29 is 4.39 Å². The largest absolute Gasteiger partial charge is 0.320 e. The van der Waals surface area contributed by atoms with Crippen molar-refractivity contribution in [1.29, 1.82) is 0 Å². The van der Waals surface area contributed by atoms with Crippen LogP contribution in [0.3, 0.4) is 0 Å². The first-order valence-electron chi connectivity index (χ1n) is 5.45. The van der Waals surface area contributed by atoms with Crippen molar-refractivity contribution in [2.45, 2.75) is 13.0 Å². The molecular formula is C14H12BrFIN. The molecule has 0 fully saturated rings. The molecule has 0 saturated carbocycles. The van der Waals surface area contributed by atoms with Gasteiger partial charge in [0.2, 0.25) is 0 Å². The Kier molecular flexibility index (Phi) is 4.40. The summed E-state index contributed by atoms with van der Waals surface area (Å²) < 4.78 is 15.5. The van der Waals surface area contributed by atoms with Gasteiger partial charge in [-0.2, -0.15) is 0 Å². The highest BCUT2D eigenvalue weighted by molar-refractivity contribution is 14.1. The second-order valence-electron chi connectivity index (χ2n) is 4.21. The third-order valence-electron chi connectivity index (χ3n) is 2.72. The van der Waals surface area contributed by atoms with Gasteiger partial charge in [0.05, 0.1) is 6.04 Å². The number of aryl methyl sites for hydroxylation is 1. The minimum atomic E-state index is -0.330. The van der Waals surface area contributed by atoms with Crippen LogP contribution < -0.4 is 5.73 Å². The lowest BCUT2D eigenvalue weighted by atomic mass is 9.98. The van der Waals surface area contributed by atoms with Gasteiger partial charge in [0.1, 0.15) is 5.82 Å². The summed E-state index contributed by atoms with van der Waals surface area (Å²) in [7, 11) is 0. The van der Waals surface area contributed by atoms with Crippen LogP contribution in [0, 0.1) is 16.3 Å². The Labute approximate surface area is 128 Å². The average molecular weight is 420 g/mol. The Morgan fingerprint density at radius 2 is 1.94 bits per heavy atom. The van der Waals surface area contributed by atoms with Crippen molar-refractivity contribution >= 4 is 38.5 Å². The summed E-state index contributed by atoms with van der Waals surface area (Å²) in [6.45, 7) is 1.86. The van der Waals surface area contributed by atoms with Crippen molar-refractivity contribution in [3.05, 3.63) is 66.9 Å². The molecule has 0 aliphatic heterocycles. The molecule has 1 nitrogen and oxygen atoms in total. The van der Waals surface area contributed by atoms with Gasteiger partial charge in [-0.25, -0.2) is 4.39 Å².